The van der Waals surface area contributed by atoms with Crippen LogP contribution in [-0.4, -0.2) is 58.0 Å². The predicted molar refractivity (Wildman–Crippen MR) is 81.3 cm³/mol. The van der Waals surface area contributed by atoms with Crippen molar-refractivity contribution in [3.63, 3.8) is 0 Å². The number of aliphatic imine (C=N–C) groups is 1. The van der Waals surface area contributed by atoms with Gasteiger partial charge in [0.2, 0.25) is 0 Å². The molecule has 0 rings (SSSR count). The van der Waals surface area contributed by atoms with E-state index in [1.165, 1.54) is 6.26 Å². The summed E-state index contributed by atoms with van der Waals surface area (Å²) in [5, 5.41) is 6.12. The fourth-order valence-corrected chi connectivity index (χ4v) is 2.21. The number of hydrogen-bond acceptors (Lipinski definition) is 4. The number of nitrogens with zero attached hydrogens (tertiary/aromatic N) is 1. The summed E-state index contributed by atoms with van der Waals surface area (Å²) in [7, 11) is -2.92. The molecular weight excluding hydrogens is 270 g/mol. The van der Waals surface area contributed by atoms with Gasteiger partial charge in [-0.2, -0.15) is 11.8 Å². The predicted octanol–water partition coefficient (Wildman–Crippen LogP) is 0.729. The molecule has 0 saturated heterocycles. The summed E-state index contributed by atoms with van der Waals surface area (Å²) in [4.78, 5) is 4.40. The quantitative estimate of drug-likeness (QED) is 0.373. The van der Waals surface area contributed by atoms with E-state index in [9.17, 15) is 8.42 Å². The molecule has 0 heterocycles. The fourth-order valence-electron chi connectivity index (χ4n) is 1.25. The number of guanidine groups is 1. The van der Waals surface area contributed by atoms with Gasteiger partial charge in [0, 0.05) is 25.9 Å². The van der Waals surface area contributed by atoms with Gasteiger partial charge in [-0.25, -0.2) is 8.42 Å². The molecule has 0 amide bonds. The Morgan fingerprint density at radius 3 is 2.56 bits per heavy atom. The van der Waals surface area contributed by atoms with Crippen molar-refractivity contribution < 1.29 is 8.42 Å². The first-order valence-electron chi connectivity index (χ1n) is 6.18. The van der Waals surface area contributed by atoms with Crippen LogP contribution in [0.1, 0.15) is 19.8 Å². The van der Waals surface area contributed by atoms with Gasteiger partial charge in [0.05, 0.1) is 5.75 Å². The lowest BCUT2D eigenvalue weighted by atomic mass is 10.3. The Balaban J connectivity index is 3.93. The third-order valence-electron chi connectivity index (χ3n) is 2.14. The summed E-state index contributed by atoms with van der Waals surface area (Å²) in [5.41, 5.74) is 0. The summed E-state index contributed by atoms with van der Waals surface area (Å²) >= 11 is 1.84. The summed E-state index contributed by atoms with van der Waals surface area (Å²) < 4.78 is 22.0. The minimum Gasteiger partial charge on any atom is -0.357 e. The molecule has 0 aliphatic carbocycles. The number of thioether (sulfide) groups is 1. The van der Waals surface area contributed by atoms with E-state index in [-0.39, 0.29) is 5.75 Å². The van der Waals surface area contributed by atoms with Gasteiger partial charge in [-0.1, -0.05) is 0 Å². The second-order valence-corrected chi connectivity index (χ2v) is 7.26. The Labute approximate surface area is 115 Å². The molecule has 0 bridgehead atoms. The maximum atomic E-state index is 11.0. The van der Waals surface area contributed by atoms with Crippen LogP contribution in [0, 0.1) is 0 Å². The number of hydrogen-bond donors (Lipinski definition) is 2. The molecule has 2 N–H and O–H groups in total. The Kier molecular flexibility index (Phi) is 10.2. The molecule has 0 aromatic rings. The number of sulfone groups is 1. The van der Waals surface area contributed by atoms with Gasteiger partial charge in [0.25, 0.3) is 0 Å². The van der Waals surface area contributed by atoms with Gasteiger partial charge >= 0.3 is 0 Å². The Hall–Kier alpha value is -0.430. The SMILES string of the molecule is CCNC(=NCCCCSC)NCCS(C)(=O)=O. The third kappa shape index (κ3) is 12.0. The second-order valence-electron chi connectivity index (χ2n) is 4.02. The molecule has 108 valence electrons. The first-order valence-corrected chi connectivity index (χ1v) is 9.64. The van der Waals surface area contributed by atoms with Crippen molar-refractivity contribution >= 4 is 27.6 Å². The lowest BCUT2D eigenvalue weighted by molar-refractivity contribution is 0.600. The molecular formula is C11H25N3O2S2. The van der Waals surface area contributed by atoms with Crippen molar-refractivity contribution in [3.8, 4) is 0 Å². The maximum absolute atomic E-state index is 11.0. The highest BCUT2D eigenvalue weighted by atomic mass is 32.2. The van der Waals surface area contributed by atoms with Crippen LogP contribution in [0.25, 0.3) is 0 Å². The van der Waals surface area contributed by atoms with E-state index in [4.69, 9.17) is 0 Å². The van der Waals surface area contributed by atoms with Crippen molar-refractivity contribution in [2.24, 2.45) is 4.99 Å². The number of unbranched alkanes of at least 4 members (excludes halogenated alkanes) is 1. The van der Waals surface area contributed by atoms with Gasteiger partial charge < -0.3 is 10.6 Å². The van der Waals surface area contributed by atoms with Gasteiger partial charge in [-0.05, 0) is 31.8 Å². The normalized spacial score (nSPS) is 12.5. The first kappa shape index (κ1) is 17.6. The number of rotatable bonds is 9. The lowest BCUT2D eigenvalue weighted by Crippen LogP contribution is -2.39. The monoisotopic (exact) mass is 295 g/mol. The van der Waals surface area contributed by atoms with Crippen LogP contribution < -0.4 is 10.6 Å². The van der Waals surface area contributed by atoms with Crippen LogP contribution in [0.3, 0.4) is 0 Å². The smallest absolute Gasteiger partial charge is 0.191 e. The van der Waals surface area contributed by atoms with Gasteiger partial charge in [0.15, 0.2) is 5.96 Å². The molecule has 18 heavy (non-hydrogen) atoms. The minimum atomic E-state index is -2.92. The molecule has 7 heteroatoms. The van der Waals surface area contributed by atoms with E-state index < -0.39 is 9.84 Å². The van der Waals surface area contributed by atoms with Crippen LogP contribution in [0.5, 0.6) is 0 Å². The zero-order chi connectivity index (χ0) is 13.9. The van der Waals surface area contributed by atoms with Crippen LogP contribution >= 0.6 is 11.8 Å². The van der Waals surface area contributed by atoms with Crippen molar-refractivity contribution in [1.29, 1.82) is 0 Å². The molecule has 0 aromatic carbocycles. The molecule has 0 saturated carbocycles. The highest BCUT2D eigenvalue weighted by molar-refractivity contribution is 7.98. The van der Waals surface area contributed by atoms with E-state index >= 15 is 0 Å². The fraction of sp³-hybridized carbons (Fsp3) is 0.909. The standard InChI is InChI=1S/C11H25N3O2S2/c1-4-12-11(13-7-5-6-9-17-2)14-8-10-18(3,15)16/h4-10H2,1-3H3,(H2,12,13,14). The Morgan fingerprint density at radius 1 is 1.28 bits per heavy atom. The zero-order valence-corrected chi connectivity index (χ0v) is 13.2. The molecule has 0 unspecified atom stereocenters. The zero-order valence-electron chi connectivity index (χ0n) is 11.5. The highest BCUT2D eigenvalue weighted by Gasteiger charge is 2.02. The lowest BCUT2D eigenvalue weighted by Gasteiger charge is -2.10. The van der Waals surface area contributed by atoms with Crippen LogP contribution in [0.15, 0.2) is 4.99 Å². The highest BCUT2D eigenvalue weighted by Crippen LogP contribution is 1.98. The van der Waals surface area contributed by atoms with E-state index in [1.807, 2.05) is 18.7 Å². The molecule has 5 nitrogen and oxygen atoms in total. The molecule has 0 aliphatic heterocycles. The Morgan fingerprint density at radius 2 is 2.00 bits per heavy atom. The van der Waals surface area contributed by atoms with Crippen molar-refractivity contribution in [2.45, 2.75) is 19.8 Å². The molecule has 0 atom stereocenters. The minimum absolute atomic E-state index is 0.129. The Bertz CT molecular complexity index is 329. The second kappa shape index (κ2) is 10.5. The summed E-state index contributed by atoms with van der Waals surface area (Å²) in [6.07, 6.45) is 5.55. The molecule has 0 fully saturated rings. The average Bonchev–Trinajstić information content (AvgIpc) is 2.27. The van der Waals surface area contributed by atoms with Crippen molar-refractivity contribution in [1.82, 2.24) is 10.6 Å². The first-order chi connectivity index (χ1) is 8.49. The van der Waals surface area contributed by atoms with Crippen LogP contribution in [0.2, 0.25) is 0 Å². The van der Waals surface area contributed by atoms with Crippen LogP contribution in [-0.2, 0) is 9.84 Å². The average molecular weight is 295 g/mol. The summed E-state index contributed by atoms with van der Waals surface area (Å²) in [6.45, 7) is 3.93. The van der Waals surface area contributed by atoms with Gasteiger partial charge in [0.1, 0.15) is 9.84 Å². The maximum Gasteiger partial charge on any atom is 0.191 e. The largest absolute Gasteiger partial charge is 0.357 e. The molecule has 0 aliphatic rings. The molecule has 0 radical (unpaired) electrons. The van der Waals surface area contributed by atoms with Gasteiger partial charge in [-0.3, -0.25) is 4.99 Å². The molecule has 0 aromatic heterocycles. The van der Waals surface area contributed by atoms with E-state index in [2.05, 4.69) is 21.9 Å². The topological polar surface area (TPSA) is 70.6 Å². The third-order valence-corrected chi connectivity index (χ3v) is 3.78. The van der Waals surface area contributed by atoms with E-state index in [0.29, 0.717) is 12.5 Å². The van der Waals surface area contributed by atoms with Gasteiger partial charge in [-0.15, -0.1) is 0 Å². The van der Waals surface area contributed by atoms with Crippen molar-refractivity contribution in [2.75, 3.05) is 43.7 Å². The van der Waals surface area contributed by atoms with E-state index in [0.717, 1.165) is 31.7 Å². The number of nitrogens with one attached hydrogen (secondary N) is 2. The van der Waals surface area contributed by atoms with Crippen molar-refractivity contribution in [3.05, 3.63) is 0 Å². The summed E-state index contributed by atoms with van der Waals surface area (Å²) in [5.74, 6) is 1.99. The van der Waals surface area contributed by atoms with Crippen LogP contribution in [0.4, 0.5) is 0 Å². The molecule has 0 spiro atoms. The van der Waals surface area contributed by atoms with E-state index in [1.54, 1.807) is 0 Å². The summed E-state index contributed by atoms with van der Waals surface area (Å²) in [6, 6.07) is 0.